The summed E-state index contributed by atoms with van der Waals surface area (Å²) in [5.41, 5.74) is 0.143. The monoisotopic (exact) mass is 455 g/mol. The highest BCUT2D eigenvalue weighted by atomic mass is 32.2. The van der Waals surface area contributed by atoms with Crippen molar-refractivity contribution in [2.75, 3.05) is 44.7 Å². The van der Waals surface area contributed by atoms with Crippen molar-refractivity contribution in [3.8, 4) is 17.7 Å². The number of anilines is 1. The van der Waals surface area contributed by atoms with Crippen LogP contribution in [0.5, 0.6) is 0 Å². The summed E-state index contributed by atoms with van der Waals surface area (Å²) in [5, 5.41) is 9.41. The largest absolute Gasteiger partial charge is 0.459 e. The van der Waals surface area contributed by atoms with E-state index in [9.17, 15) is 18.5 Å². The number of sulfonamides is 1. The Kier molecular flexibility index (Phi) is 5.98. The van der Waals surface area contributed by atoms with Gasteiger partial charge in [-0.3, -0.25) is 4.79 Å². The van der Waals surface area contributed by atoms with Crippen LogP contribution in [0.1, 0.15) is 5.69 Å². The van der Waals surface area contributed by atoms with Crippen molar-refractivity contribution in [1.29, 1.82) is 5.26 Å². The fraction of sp³-hybridized carbons (Fsp3) is 0.286. The maximum Gasteiger partial charge on any atom is 0.266 e. The first-order valence-corrected chi connectivity index (χ1v) is 11.3. The summed E-state index contributed by atoms with van der Waals surface area (Å²) in [6, 6.07) is 13.4. The molecule has 1 amide bonds. The number of benzene rings is 1. The Morgan fingerprint density at radius 1 is 1.16 bits per heavy atom. The molecular formula is C21H21N5O5S. The smallest absolute Gasteiger partial charge is 0.266 e. The summed E-state index contributed by atoms with van der Waals surface area (Å²) >= 11 is 0. The van der Waals surface area contributed by atoms with Crippen LogP contribution in [-0.4, -0.2) is 68.3 Å². The Morgan fingerprint density at radius 2 is 1.88 bits per heavy atom. The summed E-state index contributed by atoms with van der Waals surface area (Å²) in [7, 11) is -2.36. The molecule has 0 bridgehead atoms. The van der Waals surface area contributed by atoms with Gasteiger partial charge in [-0.25, -0.2) is 8.42 Å². The van der Waals surface area contributed by atoms with E-state index in [1.165, 1.54) is 25.4 Å². The minimum Gasteiger partial charge on any atom is -0.459 e. The van der Waals surface area contributed by atoms with Crippen molar-refractivity contribution in [3.63, 3.8) is 0 Å². The molecule has 0 unspecified atom stereocenters. The van der Waals surface area contributed by atoms with E-state index < -0.39 is 10.0 Å². The van der Waals surface area contributed by atoms with Gasteiger partial charge in [-0.15, -0.1) is 0 Å². The summed E-state index contributed by atoms with van der Waals surface area (Å²) in [4.78, 5) is 20.5. The van der Waals surface area contributed by atoms with Gasteiger partial charge in [-0.1, -0.05) is 18.2 Å². The summed E-state index contributed by atoms with van der Waals surface area (Å²) in [6.45, 7) is 1.30. The highest BCUT2D eigenvalue weighted by Gasteiger charge is 2.29. The van der Waals surface area contributed by atoms with Crippen LogP contribution in [0.2, 0.25) is 0 Å². The molecule has 32 heavy (non-hydrogen) atoms. The zero-order valence-electron chi connectivity index (χ0n) is 17.3. The molecule has 0 aliphatic carbocycles. The fourth-order valence-corrected chi connectivity index (χ4v) is 4.55. The summed E-state index contributed by atoms with van der Waals surface area (Å²) < 4.78 is 37.4. The van der Waals surface area contributed by atoms with E-state index in [1.54, 1.807) is 35.2 Å². The van der Waals surface area contributed by atoms with E-state index in [0.717, 1.165) is 4.31 Å². The van der Waals surface area contributed by atoms with Crippen LogP contribution < -0.4 is 4.90 Å². The number of carbonyl (C=O) groups is 1. The molecule has 1 saturated heterocycles. The minimum absolute atomic E-state index is 0.141. The van der Waals surface area contributed by atoms with Gasteiger partial charge >= 0.3 is 0 Å². The number of furan rings is 1. The number of nitriles is 1. The van der Waals surface area contributed by atoms with Gasteiger partial charge < -0.3 is 18.6 Å². The number of rotatable bonds is 6. The molecule has 166 valence electrons. The molecule has 3 heterocycles. The van der Waals surface area contributed by atoms with E-state index in [1.807, 2.05) is 11.0 Å². The second kappa shape index (κ2) is 8.86. The molecule has 1 aromatic carbocycles. The van der Waals surface area contributed by atoms with E-state index in [-0.39, 0.29) is 28.9 Å². The average Bonchev–Trinajstić information content (AvgIpc) is 3.49. The minimum atomic E-state index is -3.75. The summed E-state index contributed by atoms with van der Waals surface area (Å²) in [5.74, 6) is 0.674. The SMILES string of the molecule is CN(CC(=O)N1CCN(c2oc(-c3ccco3)nc2C#N)CC1)S(=O)(=O)c1ccccc1. The lowest BCUT2D eigenvalue weighted by atomic mass is 10.3. The highest BCUT2D eigenvalue weighted by molar-refractivity contribution is 7.89. The topological polar surface area (TPSA) is 124 Å². The first-order chi connectivity index (χ1) is 15.4. The molecule has 4 rings (SSSR count). The van der Waals surface area contributed by atoms with Gasteiger partial charge in [0.05, 0.1) is 17.7 Å². The third-order valence-electron chi connectivity index (χ3n) is 5.18. The number of hydrogen-bond donors (Lipinski definition) is 0. The zero-order chi connectivity index (χ0) is 22.7. The van der Waals surface area contributed by atoms with E-state index in [4.69, 9.17) is 8.83 Å². The van der Waals surface area contributed by atoms with E-state index in [0.29, 0.717) is 37.8 Å². The zero-order valence-corrected chi connectivity index (χ0v) is 18.2. The van der Waals surface area contributed by atoms with Crippen molar-refractivity contribution in [2.45, 2.75) is 4.90 Å². The normalized spacial score (nSPS) is 14.5. The molecule has 2 aromatic heterocycles. The van der Waals surface area contributed by atoms with Crippen LogP contribution in [0.15, 0.2) is 62.5 Å². The molecule has 0 saturated carbocycles. The van der Waals surface area contributed by atoms with Crippen LogP contribution in [0.3, 0.4) is 0 Å². The molecule has 0 radical (unpaired) electrons. The van der Waals surface area contributed by atoms with Crippen LogP contribution in [-0.2, 0) is 14.8 Å². The third kappa shape index (κ3) is 4.23. The Balaban J connectivity index is 1.39. The van der Waals surface area contributed by atoms with Crippen molar-refractivity contribution in [2.24, 2.45) is 0 Å². The maximum absolute atomic E-state index is 12.7. The number of hydrogen-bond acceptors (Lipinski definition) is 8. The van der Waals surface area contributed by atoms with E-state index in [2.05, 4.69) is 4.98 Å². The number of nitrogens with zero attached hydrogens (tertiary/aromatic N) is 5. The second-order valence-corrected chi connectivity index (χ2v) is 9.25. The van der Waals surface area contributed by atoms with Crippen molar-refractivity contribution >= 4 is 21.8 Å². The van der Waals surface area contributed by atoms with Gasteiger partial charge in [0.15, 0.2) is 5.76 Å². The average molecular weight is 455 g/mol. The maximum atomic E-state index is 12.7. The van der Waals surface area contributed by atoms with Gasteiger partial charge in [0.2, 0.25) is 27.5 Å². The Hall–Kier alpha value is -3.62. The lowest BCUT2D eigenvalue weighted by Gasteiger charge is -2.35. The number of carbonyl (C=O) groups excluding carboxylic acids is 1. The molecule has 0 atom stereocenters. The third-order valence-corrected chi connectivity index (χ3v) is 6.99. The Labute approximate surface area is 185 Å². The van der Waals surface area contributed by atoms with E-state index >= 15 is 0 Å². The van der Waals surface area contributed by atoms with Crippen LogP contribution in [0, 0.1) is 11.3 Å². The lowest BCUT2D eigenvalue weighted by Crippen LogP contribution is -2.51. The van der Waals surface area contributed by atoms with Gasteiger partial charge in [0, 0.05) is 33.2 Å². The van der Waals surface area contributed by atoms with Gasteiger partial charge in [0.1, 0.15) is 6.07 Å². The molecule has 10 nitrogen and oxygen atoms in total. The summed E-state index contributed by atoms with van der Waals surface area (Å²) in [6.07, 6.45) is 1.49. The lowest BCUT2D eigenvalue weighted by molar-refractivity contribution is -0.131. The molecule has 0 spiro atoms. The molecule has 11 heteroatoms. The number of aromatic nitrogens is 1. The highest BCUT2D eigenvalue weighted by Crippen LogP contribution is 2.29. The quantitative estimate of drug-likeness (QED) is 0.551. The molecule has 1 fully saturated rings. The number of oxazole rings is 1. The van der Waals surface area contributed by atoms with Gasteiger partial charge in [-0.2, -0.15) is 14.6 Å². The Bertz CT molecular complexity index is 1220. The predicted molar refractivity (Wildman–Crippen MR) is 114 cm³/mol. The van der Waals surface area contributed by atoms with Crippen molar-refractivity contribution < 1.29 is 22.0 Å². The van der Waals surface area contributed by atoms with Crippen LogP contribution in [0.4, 0.5) is 5.88 Å². The molecule has 3 aromatic rings. The van der Waals surface area contributed by atoms with Crippen molar-refractivity contribution in [3.05, 3.63) is 54.4 Å². The first-order valence-electron chi connectivity index (χ1n) is 9.89. The molecule has 1 aliphatic heterocycles. The molecule has 1 aliphatic rings. The van der Waals surface area contributed by atoms with Crippen LogP contribution in [0.25, 0.3) is 11.7 Å². The van der Waals surface area contributed by atoms with Gasteiger partial charge in [0.25, 0.3) is 5.89 Å². The van der Waals surface area contributed by atoms with Crippen molar-refractivity contribution in [1.82, 2.24) is 14.2 Å². The van der Waals surface area contributed by atoms with Gasteiger partial charge in [-0.05, 0) is 24.3 Å². The fourth-order valence-electron chi connectivity index (χ4n) is 3.41. The molecule has 0 N–H and O–H groups in total. The standard InChI is InChI=1S/C21H21N5O5S/c1-24(32(28,29)16-6-3-2-4-7-16)15-19(27)25-9-11-26(12-10-25)21-17(14-22)23-20(31-21)18-8-5-13-30-18/h2-8,13H,9-12,15H2,1H3. The number of piperazine rings is 1. The first kappa shape index (κ1) is 21.6. The number of likely N-dealkylation sites (N-methyl/N-ethyl adjacent to an activating group) is 1. The molecular weight excluding hydrogens is 434 g/mol. The predicted octanol–water partition coefficient (Wildman–Crippen LogP) is 1.78. The number of amides is 1. The Morgan fingerprint density at radius 3 is 2.50 bits per heavy atom. The second-order valence-electron chi connectivity index (χ2n) is 7.20. The van der Waals surface area contributed by atoms with Crippen LogP contribution >= 0.6 is 0 Å².